The zero-order valence-corrected chi connectivity index (χ0v) is 25.1. The highest BCUT2D eigenvalue weighted by molar-refractivity contribution is 9.10. The number of anilines is 2. The maximum Gasteiger partial charge on any atom is 0.292 e. The van der Waals surface area contributed by atoms with Gasteiger partial charge in [0.15, 0.2) is 15.5 Å². The highest BCUT2D eigenvalue weighted by Gasteiger charge is 2.21. The number of carbonyl (C=O) groups excluding carboxylic acids is 1. The predicted octanol–water partition coefficient (Wildman–Crippen LogP) is 7.72. The molecule has 1 amide bonds. The van der Waals surface area contributed by atoms with Crippen LogP contribution in [0.3, 0.4) is 0 Å². The van der Waals surface area contributed by atoms with E-state index in [-0.39, 0.29) is 29.3 Å². The molecule has 0 bridgehead atoms. The number of nitrogens with one attached hydrogen (secondary N) is 1. The quantitative estimate of drug-likeness (QED) is 0.218. The van der Waals surface area contributed by atoms with Crippen LogP contribution in [0.1, 0.15) is 102 Å². The number of halogens is 1. The molecular weight excluding hydrogens is 554 g/mol. The van der Waals surface area contributed by atoms with Crippen molar-refractivity contribution in [1.29, 1.82) is 0 Å². The van der Waals surface area contributed by atoms with E-state index in [4.69, 9.17) is 10.2 Å². The number of hydrogen-bond donors (Lipinski definition) is 2. The van der Waals surface area contributed by atoms with Crippen molar-refractivity contribution in [1.82, 2.24) is 4.98 Å². The Bertz CT molecular complexity index is 1160. The lowest BCUT2D eigenvalue weighted by molar-refractivity contribution is 0.102. The normalized spacial score (nSPS) is 14.1. The van der Waals surface area contributed by atoms with Crippen LogP contribution < -0.4 is 11.1 Å². The molecule has 1 aromatic heterocycles. The van der Waals surface area contributed by atoms with Gasteiger partial charge in [-0.1, -0.05) is 66.0 Å². The first kappa shape index (κ1) is 31.1. The molecule has 3 N–H and O–H groups in total. The van der Waals surface area contributed by atoms with E-state index in [0.717, 1.165) is 42.1 Å². The molecule has 0 aliphatic carbocycles. The summed E-state index contributed by atoms with van der Waals surface area (Å²) in [7, 11) is -3.26. The number of benzene rings is 1. The molecule has 2 aromatic rings. The number of sulfone groups is 1. The molecule has 0 spiro atoms. The smallest absolute Gasteiger partial charge is 0.292 e. The van der Waals surface area contributed by atoms with Gasteiger partial charge in [-0.3, -0.25) is 4.79 Å². The lowest BCUT2D eigenvalue weighted by Crippen LogP contribution is -2.16. The highest BCUT2D eigenvalue weighted by Crippen LogP contribution is 2.30. The molecule has 1 aromatic carbocycles. The Balaban J connectivity index is 2.02. The molecule has 0 radical (unpaired) electrons. The SMILES string of the molecule is CCC/C(=C\CC[C@H](C)c1ccc(Br)c(NC(=O)c2coc(N)n2)c1)S(=O)(=O)CC(C)CCCC(C)C. The van der Waals surface area contributed by atoms with Crippen molar-refractivity contribution < 1.29 is 17.6 Å². The molecule has 7 nitrogen and oxygen atoms in total. The number of nitrogen functional groups attached to an aromatic ring is 1. The van der Waals surface area contributed by atoms with Crippen molar-refractivity contribution >= 4 is 43.4 Å². The van der Waals surface area contributed by atoms with Gasteiger partial charge >= 0.3 is 0 Å². The van der Waals surface area contributed by atoms with Gasteiger partial charge in [-0.05, 0) is 77.1 Å². The summed E-state index contributed by atoms with van der Waals surface area (Å²) in [6.07, 6.45) is 9.14. The maximum absolute atomic E-state index is 13.1. The van der Waals surface area contributed by atoms with E-state index in [0.29, 0.717) is 29.4 Å². The Morgan fingerprint density at radius 3 is 2.54 bits per heavy atom. The molecule has 0 fully saturated rings. The molecule has 2 atom stereocenters. The van der Waals surface area contributed by atoms with E-state index >= 15 is 0 Å². The van der Waals surface area contributed by atoms with Crippen LogP contribution in [-0.4, -0.2) is 25.1 Å². The topological polar surface area (TPSA) is 115 Å². The van der Waals surface area contributed by atoms with Crippen LogP contribution in [0.5, 0.6) is 0 Å². The number of hydrogen-bond acceptors (Lipinski definition) is 6. The first-order valence-corrected chi connectivity index (χ1v) is 15.6. The number of nitrogens with two attached hydrogens (primary N) is 1. The first-order valence-electron chi connectivity index (χ1n) is 13.2. The average molecular weight is 597 g/mol. The van der Waals surface area contributed by atoms with Crippen LogP contribution in [-0.2, 0) is 9.84 Å². The molecule has 37 heavy (non-hydrogen) atoms. The van der Waals surface area contributed by atoms with Crippen LogP contribution in [0, 0.1) is 11.8 Å². The summed E-state index contributed by atoms with van der Waals surface area (Å²) in [5.41, 5.74) is 7.23. The molecule has 0 aliphatic rings. The predicted molar refractivity (Wildman–Crippen MR) is 155 cm³/mol. The summed E-state index contributed by atoms with van der Waals surface area (Å²) in [6.45, 7) is 10.6. The fourth-order valence-electron chi connectivity index (χ4n) is 4.25. The molecule has 0 saturated carbocycles. The standard InChI is InChI=1S/C28H42BrN3O4S/c1-6-9-23(37(34,35)18-20(4)11-7-10-19(2)3)13-8-12-21(5)22-14-15-24(29)25(16-22)31-27(33)26-17-36-28(30)32-26/h13-17,19-21H,6-12,18H2,1-5H3,(H2,30,32)(H,31,33)/b23-13+/t20?,21-/m0/s1. The Morgan fingerprint density at radius 1 is 1.19 bits per heavy atom. The summed E-state index contributed by atoms with van der Waals surface area (Å²) in [4.78, 5) is 16.9. The highest BCUT2D eigenvalue weighted by atomic mass is 79.9. The lowest BCUT2D eigenvalue weighted by Gasteiger charge is -2.16. The third-order valence-corrected chi connectivity index (χ3v) is 9.28. The first-order chi connectivity index (χ1) is 17.4. The second-order valence-electron chi connectivity index (χ2n) is 10.4. The molecule has 0 saturated heterocycles. The zero-order valence-electron chi connectivity index (χ0n) is 22.7. The van der Waals surface area contributed by atoms with Gasteiger partial charge in [-0.25, -0.2) is 8.42 Å². The van der Waals surface area contributed by atoms with Crippen molar-refractivity contribution in [2.45, 2.75) is 85.5 Å². The minimum absolute atomic E-state index is 0.0651. The van der Waals surface area contributed by atoms with Crippen LogP contribution in [0.2, 0.25) is 0 Å². The van der Waals surface area contributed by atoms with Gasteiger partial charge < -0.3 is 15.5 Å². The molecular formula is C28H42BrN3O4S. The van der Waals surface area contributed by atoms with Crippen LogP contribution >= 0.6 is 15.9 Å². The van der Waals surface area contributed by atoms with Crippen LogP contribution in [0.15, 0.2) is 44.3 Å². The van der Waals surface area contributed by atoms with Gasteiger partial charge in [0.2, 0.25) is 0 Å². The van der Waals surface area contributed by atoms with Crippen LogP contribution in [0.4, 0.5) is 11.7 Å². The second kappa shape index (κ2) is 14.7. The van der Waals surface area contributed by atoms with Gasteiger partial charge in [0, 0.05) is 9.38 Å². The molecule has 1 unspecified atom stereocenters. The number of nitrogens with zero attached hydrogens (tertiary/aromatic N) is 1. The molecule has 9 heteroatoms. The van der Waals surface area contributed by atoms with Gasteiger partial charge in [0.1, 0.15) is 6.26 Å². The van der Waals surface area contributed by atoms with Gasteiger partial charge in [-0.2, -0.15) is 4.98 Å². The summed E-state index contributed by atoms with van der Waals surface area (Å²) in [5, 5.41) is 2.83. The monoisotopic (exact) mass is 595 g/mol. The number of carbonyl (C=O) groups is 1. The number of rotatable bonds is 15. The van der Waals surface area contributed by atoms with E-state index < -0.39 is 15.7 Å². The van der Waals surface area contributed by atoms with Crippen molar-refractivity contribution in [3.63, 3.8) is 0 Å². The Hall–Kier alpha value is -2.13. The molecule has 1 heterocycles. The summed E-state index contributed by atoms with van der Waals surface area (Å²) >= 11 is 3.48. The fourth-order valence-corrected chi connectivity index (χ4v) is 6.62. The molecule has 2 rings (SSSR count). The molecule has 206 valence electrons. The minimum Gasteiger partial charge on any atom is -0.431 e. The van der Waals surface area contributed by atoms with Crippen molar-refractivity contribution in [2.24, 2.45) is 11.8 Å². The number of oxazole rings is 1. The largest absolute Gasteiger partial charge is 0.431 e. The van der Waals surface area contributed by atoms with E-state index in [2.05, 4.69) is 47.0 Å². The fraction of sp³-hybridized carbons (Fsp3) is 0.571. The Morgan fingerprint density at radius 2 is 1.92 bits per heavy atom. The minimum atomic E-state index is -3.26. The third kappa shape index (κ3) is 10.3. The van der Waals surface area contributed by atoms with E-state index in [9.17, 15) is 13.2 Å². The summed E-state index contributed by atoms with van der Waals surface area (Å²) in [5.74, 6) is 0.782. The maximum atomic E-state index is 13.1. The Kier molecular flexibility index (Phi) is 12.4. The number of amides is 1. The van der Waals surface area contributed by atoms with Crippen LogP contribution in [0.25, 0.3) is 0 Å². The zero-order chi connectivity index (χ0) is 27.6. The van der Waals surface area contributed by atoms with Gasteiger partial charge in [-0.15, -0.1) is 0 Å². The second-order valence-corrected chi connectivity index (χ2v) is 13.3. The van der Waals surface area contributed by atoms with E-state index in [1.165, 1.54) is 6.26 Å². The van der Waals surface area contributed by atoms with Gasteiger partial charge in [0.05, 0.1) is 11.4 Å². The third-order valence-electron chi connectivity index (χ3n) is 6.41. The van der Waals surface area contributed by atoms with Crippen molar-refractivity contribution in [3.05, 3.63) is 51.2 Å². The van der Waals surface area contributed by atoms with Crippen molar-refractivity contribution in [2.75, 3.05) is 16.8 Å². The molecule has 0 aliphatic heterocycles. The van der Waals surface area contributed by atoms with Gasteiger partial charge in [0.25, 0.3) is 11.9 Å². The van der Waals surface area contributed by atoms with E-state index in [1.54, 1.807) is 0 Å². The average Bonchev–Trinajstić information content (AvgIpc) is 3.25. The Labute approximate surface area is 230 Å². The van der Waals surface area contributed by atoms with Crippen molar-refractivity contribution in [3.8, 4) is 0 Å². The summed E-state index contributed by atoms with van der Waals surface area (Å²) in [6, 6.07) is 5.75. The lowest BCUT2D eigenvalue weighted by atomic mass is 9.95. The number of aromatic nitrogens is 1. The number of allylic oxidation sites excluding steroid dienone is 2. The van der Waals surface area contributed by atoms with E-state index in [1.807, 2.05) is 38.1 Å². The summed E-state index contributed by atoms with van der Waals surface area (Å²) < 4.78 is 31.9.